The molecule has 0 saturated carbocycles. The lowest BCUT2D eigenvalue weighted by Gasteiger charge is -2.14. The average molecular weight is 455 g/mol. The first kappa shape index (κ1) is 22.8. The minimum Gasteiger partial charge on any atom is -0.271 e. The van der Waals surface area contributed by atoms with Crippen LogP contribution in [0, 0.1) is 0 Å². The molecule has 166 valence electrons. The van der Waals surface area contributed by atoms with Crippen LogP contribution in [0.5, 0.6) is 0 Å². The lowest BCUT2D eigenvalue weighted by atomic mass is 10.1. The van der Waals surface area contributed by atoms with Gasteiger partial charge in [0.15, 0.2) is 5.69 Å². The van der Waals surface area contributed by atoms with E-state index in [2.05, 4.69) is 20.7 Å². The number of hydrogen-bond donors (Lipinski definition) is 3. The van der Waals surface area contributed by atoms with Gasteiger partial charge >= 0.3 is 0 Å². The van der Waals surface area contributed by atoms with E-state index in [9.17, 15) is 22.8 Å². The zero-order valence-electron chi connectivity index (χ0n) is 17.3. The SMILES string of the molecule is CC(NS(=O)(=O)C=Cc1ccccc1)C(=O)NNC(=O)c1nn(C)c(=O)c2ccccc12. The van der Waals surface area contributed by atoms with Crippen molar-refractivity contribution in [3.05, 3.63) is 81.6 Å². The molecule has 0 spiro atoms. The Morgan fingerprint density at radius 1 is 1.00 bits per heavy atom. The van der Waals surface area contributed by atoms with Crippen molar-refractivity contribution in [1.29, 1.82) is 0 Å². The van der Waals surface area contributed by atoms with Crippen LogP contribution < -0.4 is 21.1 Å². The highest BCUT2D eigenvalue weighted by Crippen LogP contribution is 2.12. The number of aryl methyl sites for hydroxylation is 1. The minimum absolute atomic E-state index is 0.0676. The third kappa shape index (κ3) is 5.45. The van der Waals surface area contributed by atoms with Gasteiger partial charge in [0.2, 0.25) is 10.0 Å². The minimum atomic E-state index is -3.91. The third-order valence-corrected chi connectivity index (χ3v) is 5.62. The first-order chi connectivity index (χ1) is 15.2. The predicted molar refractivity (Wildman–Crippen MR) is 120 cm³/mol. The molecule has 1 heterocycles. The monoisotopic (exact) mass is 455 g/mol. The second-order valence-corrected chi connectivity index (χ2v) is 8.46. The number of benzene rings is 2. The summed E-state index contributed by atoms with van der Waals surface area (Å²) in [6, 6.07) is 14.1. The van der Waals surface area contributed by atoms with Crippen LogP contribution in [0.25, 0.3) is 16.8 Å². The van der Waals surface area contributed by atoms with Gasteiger partial charge in [0.1, 0.15) is 0 Å². The van der Waals surface area contributed by atoms with Crippen LogP contribution in [0.1, 0.15) is 23.0 Å². The fraction of sp³-hybridized carbons (Fsp3) is 0.143. The average Bonchev–Trinajstić information content (AvgIpc) is 2.78. The van der Waals surface area contributed by atoms with Gasteiger partial charge in [-0.05, 0) is 24.6 Å². The van der Waals surface area contributed by atoms with Crippen LogP contribution in [0.2, 0.25) is 0 Å². The molecule has 0 aliphatic rings. The van der Waals surface area contributed by atoms with Crippen molar-refractivity contribution in [1.82, 2.24) is 25.4 Å². The van der Waals surface area contributed by atoms with Crippen LogP contribution in [-0.4, -0.2) is 36.1 Å². The van der Waals surface area contributed by atoms with Gasteiger partial charge < -0.3 is 0 Å². The number of fused-ring (bicyclic) bond motifs is 1. The van der Waals surface area contributed by atoms with Gasteiger partial charge in [0.05, 0.1) is 11.4 Å². The highest BCUT2D eigenvalue weighted by atomic mass is 32.2. The van der Waals surface area contributed by atoms with Crippen molar-refractivity contribution < 1.29 is 18.0 Å². The van der Waals surface area contributed by atoms with Gasteiger partial charge in [-0.15, -0.1) is 0 Å². The smallest absolute Gasteiger partial charge is 0.271 e. The molecule has 1 atom stereocenters. The molecule has 2 aromatic carbocycles. The van der Waals surface area contributed by atoms with Gasteiger partial charge in [-0.1, -0.05) is 48.5 Å². The molecule has 2 amide bonds. The molecule has 3 N–H and O–H groups in total. The lowest BCUT2D eigenvalue weighted by molar-refractivity contribution is -0.123. The summed E-state index contributed by atoms with van der Waals surface area (Å²) in [7, 11) is -2.50. The van der Waals surface area contributed by atoms with Crippen LogP contribution >= 0.6 is 0 Å². The Labute approximate surface area is 184 Å². The Morgan fingerprint density at radius 3 is 2.31 bits per heavy atom. The molecule has 0 fully saturated rings. The normalized spacial score (nSPS) is 12.6. The topological polar surface area (TPSA) is 139 Å². The van der Waals surface area contributed by atoms with E-state index in [1.807, 2.05) is 0 Å². The maximum atomic E-state index is 12.5. The van der Waals surface area contributed by atoms with Crippen molar-refractivity contribution in [3.8, 4) is 0 Å². The summed E-state index contributed by atoms with van der Waals surface area (Å²) in [6.45, 7) is 1.33. The van der Waals surface area contributed by atoms with Crippen molar-refractivity contribution in [2.45, 2.75) is 13.0 Å². The summed E-state index contributed by atoms with van der Waals surface area (Å²) >= 11 is 0. The number of rotatable bonds is 6. The van der Waals surface area contributed by atoms with Crippen molar-refractivity contribution in [3.63, 3.8) is 0 Å². The predicted octanol–water partition coefficient (Wildman–Crippen LogP) is 0.673. The van der Waals surface area contributed by atoms with Gasteiger partial charge in [-0.25, -0.2) is 13.1 Å². The number of hydrogen-bond acceptors (Lipinski definition) is 6. The van der Waals surface area contributed by atoms with E-state index in [0.29, 0.717) is 16.3 Å². The summed E-state index contributed by atoms with van der Waals surface area (Å²) in [6.07, 6.45) is 1.39. The zero-order valence-corrected chi connectivity index (χ0v) is 18.1. The second-order valence-electron chi connectivity index (χ2n) is 6.86. The summed E-state index contributed by atoms with van der Waals surface area (Å²) in [4.78, 5) is 37.0. The molecule has 10 nitrogen and oxygen atoms in total. The number of carbonyl (C=O) groups excluding carboxylic acids is 2. The Hall–Kier alpha value is -3.83. The molecule has 11 heteroatoms. The molecule has 1 unspecified atom stereocenters. The highest BCUT2D eigenvalue weighted by molar-refractivity contribution is 7.92. The molecular formula is C21H21N5O5S. The van der Waals surface area contributed by atoms with E-state index >= 15 is 0 Å². The van der Waals surface area contributed by atoms with Crippen molar-refractivity contribution >= 4 is 38.7 Å². The number of nitrogens with one attached hydrogen (secondary N) is 3. The molecule has 0 saturated heterocycles. The van der Waals surface area contributed by atoms with E-state index in [1.165, 1.54) is 20.0 Å². The number of sulfonamides is 1. The number of hydrazine groups is 1. The summed E-state index contributed by atoms with van der Waals surface area (Å²) in [5.41, 5.74) is 4.60. The molecule has 0 radical (unpaired) electrons. The van der Waals surface area contributed by atoms with Crippen LogP contribution in [0.15, 0.2) is 64.8 Å². The first-order valence-electron chi connectivity index (χ1n) is 9.49. The quantitative estimate of drug-likeness (QED) is 0.467. The zero-order chi connectivity index (χ0) is 23.3. The lowest BCUT2D eigenvalue weighted by Crippen LogP contribution is -2.51. The highest BCUT2D eigenvalue weighted by Gasteiger charge is 2.20. The Bertz CT molecular complexity index is 1350. The largest absolute Gasteiger partial charge is 0.290 e. The summed E-state index contributed by atoms with van der Waals surface area (Å²) in [5, 5.41) is 5.53. The Kier molecular flexibility index (Phi) is 6.81. The first-order valence-corrected chi connectivity index (χ1v) is 11.0. The molecule has 32 heavy (non-hydrogen) atoms. The second kappa shape index (κ2) is 9.54. The molecule has 3 rings (SSSR count). The number of amides is 2. The number of nitrogens with zero attached hydrogens (tertiary/aromatic N) is 2. The number of carbonyl (C=O) groups is 2. The van der Waals surface area contributed by atoms with Gasteiger partial charge in [-0.3, -0.25) is 25.2 Å². The van der Waals surface area contributed by atoms with E-state index < -0.39 is 27.9 Å². The van der Waals surface area contributed by atoms with Gasteiger partial charge in [0.25, 0.3) is 17.4 Å². The van der Waals surface area contributed by atoms with Gasteiger partial charge in [0, 0.05) is 17.8 Å². The summed E-state index contributed by atoms with van der Waals surface area (Å²) < 4.78 is 27.6. The molecule has 0 bridgehead atoms. The summed E-state index contributed by atoms with van der Waals surface area (Å²) in [5.74, 6) is -1.55. The van der Waals surface area contributed by atoms with Crippen LogP contribution in [0.3, 0.4) is 0 Å². The van der Waals surface area contributed by atoms with Gasteiger partial charge in [-0.2, -0.15) is 9.82 Å². The fourth-order valence-corrected chi connectivity index (χ4v) is 3.84. The standard InChI is InChI=1S/C21H21N5O5S/c1-14(25-32(30,31)13-12-15-8-4-3-5-9-15)19(27)22-23-20(28)18-16-10-6-7-11-17(16)21(29)26(2)24-18/h3-14,25H,1-2H3,(H,22,27)(H,23,28). The number of aromatic nitrogens is 2. The molecule has 1 aromatic heterocycles. The fourth-order valence-electron chi connectivity index (χ4n) is 2.82. The van der Waals surface area contributed by atoms with E-state index in [1.54, 1.807) is 54.6 Å². The van der Waals surface area contributed by atoms with E-state index in [4.69, 9.17) is 0 Å². The van der Waals surface area contributed by atoms with Crippen LogP contribution in [0.4, 0.5) is 0 Å². The van der Waals surface area contributed by atoms with Crippen molar-refractivity contribution in [2.75, 3.05) is 0 Å². The third-order valence-electron chi connectivity index (χ3n) is 4.44. The van der Waals surface area contributed by atoms with Crippen molar-refractivity contribution in [2.24, 2.45) is 7.05 Å². The molecule has 0 aliphatic carbocycles. The Morgan fingerprint density at radius 2 is 1.62 bits per heavy atom. The maximum Gasteiger partial charge on any atom is 0.290 e. The van der Waals surface area contributed by atoms with E-state index in [0.717, 1.165) is 10.1 Å². The maximum absolute atomic E-state index is 12.5. The Balaban J connectivity index is 1.65. The molecular weight excluding hydrogens is 434 g/mol. The van der Waals surface area contributed by atoms with E-state index in [-0.39, 0.29) is 11.3 Å². The molecule has 3 aromatic rings. The van der Waals surface area contributed by atoms with Crippen LogP contribution in [-0.2, 0) is 21.9 Å². The molecule has 0 aliphatic heterocycles.